The van der Waals surface area contributed by atoms with Crippen LogP contribution in [-0.4, -0.2) is 4.98 Å². The van der Waals surface area contributed by atoms with Crippen molar-refractivity contribution in [2.45, 2.75) is 16.8 Å². The molecule has 0 spiro atoms. The van der Waals surface area contributed by atoms with Crippen molar-refractivity contribution < 1.29 is 0 Å². The Balaban J connectivity index is 2.27. The van der Waals surface area contributed by atoms with Gasteiger partial charge in [-0.05, 0) is 52.7 Å². The van der Waals surface area contributed by atoms with Crippen LogP contribution >= 0.6 is 43.6 Å². The lowest BCUT2D eigenvalue weighted by Gasteiger charge is -2.05. The number of aromatic nitrogens is 1. The summed E-state index contributed by atoms with van der Waals surface area (Å²) in [5.41, 5.74) is 1.18. The summed E-state index contributed by atoms with van der Waals surface area (Å²) in [5.74, 6) is 0. The second-order valence-corrected chi connectivity index (χ2v) is 6.23. The summed E-state index contributed by atoms with van der Waals surface area (Å²) in [5, 5.41) is 1.04. The molecule has 0 amide bonds. The minimum absolute atomic E-state index is 1.02. The van der Waals surface area contributed by atoms with E-state index in [0.717, 1.165) is 14.0 Å². The number of hydrogen-bond donors (Lipinski definition) is 0. The highest BCUT2D eigenvalue weighted by molar-refractivity contribution is 9.10. The lowest BCUT2D eigenvalue weighted by Crippen LogP contribution is -1.85. The Kier molecular flexibility index (Phi) is 4.05. The smallest absolute Gasteiger partial charge is 0.104 e. The highest BCUT2D eigenvalue weighted by Gasteiger charge is 2.03. The summed E-state index contributed by atoms with van der Waals surface area (Å²) in [6, 6.07) is 10.3. The number of aryl methyl sites for hydroxylation is 1. The van der Waals surface area contributed by atoms with Gasteiger partial charge in [-0.3, -0.25) is 0 Å². The molecule has 0 aliphatic heterocycles. The van der Waals surface area contributed by atoms with Gasteiger partial charge in [0.25, 0.3) is 0 Å². The average molecular weight is 359 g/mol. The Morgan fingerprint density at radius 1 is 1.12 bits per heavy atom. The fourth-order valence-electron chi connectivity index (χ4n) is 1.28. The SMILES string of the molecule is Cc1cc(Br)cnc1Sc1cccc(Br)c1. The Labute approximate surface area is 116 Å². The molecule has 0 aliphatic carbocycles. The minimum Gasteiger partial charge on any atom is -0.248 e. The Hall–Kier alpha value is -0.320. The molecule has 1 aromatic carbocycles. The van der Waals surface area contributed by atoms with Gasteiger partial charge in [0.05, 0.1) is 0 Å². The molecule has 0 radical (unpaired) electrons. The van der Waals surface area contributed by atoms with Crippen LogP contribution in [0.1, 0.15) is 5.56 Å². The van der Waals surface area contributed by atoms with Gasteiger partial charge in [0.2, 0.25) is 0 Å². The summed E-state index contributed by atoms with van der Waals surface area (Å²) < 4.78 is 2.11. The van der Waals surface area contributed by atoms with E-state index in [9.17, 15) is 0 Å². The van der Waals surface area contributed by atoms with Crippen molar-refractivity contribution in [1.82, 2.24) is 4.98 Å². The molecule has 0 saturated heterocycles. The lowest BCUT2D eigenvalue weighted by atomic mass is 10.3. The molecule has 0 bridgehead atoms. The van der Waals surface area contributed by atoms with Crippen LogP contribution < -0.4 is 0 Å². The molecular formula is C12H9Br2NS. The van der Waals surface area contributed by atoms with Crippen LogP contribution in [0.3, 0.4) is 0 Å². The van der Waals surface area contributed by atoms with Gasteiger partial charge in [-0.2, -0.15) is 0 Å². The molecule has 0 fully saturated rings. The third-order valence-corrected chi connectivity index (χ3v) is 4.04. The first-order valence-corrected chi connectivity index (χ1v) is 7.11. The average Bonchev–Trinajstić information content (AvgIpc) is 2.22. The van der Waals surface area contributed by atoms with E-state index in [0.29, 0.717) is 0 Å². The van der Waals surface area contributed by atoms with Gasteiger partial charge >= 0.3 is 0 Å². The molecule has 1 nitrogen and oxygen atoms in total. The van der Waals surface area contributed by atoms with E-state index < -0.39 is 0 Å². The topological polar surface area (TPSA) is 12.9 Å². The molecule has 0 N–H and O–H groups in total. The van der Waals surface area contributed by atoms with E-state index in [1.807, 2.05) is 18.3 Å². The summed E-state index contributed by atoms with van der Waals surface area (Å²) in [6.45, 7) is 2.07. The summed E-state index contributed by atoms with van der Waals surface area (Å²) >= 11 is 8.55. The van der Waals surface area contributed by atoms with Crippen molar-refractivity contribution in [3.8, 4) is 0 Å². The van der Waals surface area contributed by atoms with Gasteiger partial charge in [0, 0.05) is 20.0 Å². The van der Waals surface area contributed by atoms with E-state index in [2.05, 4.69) is 62.0 Å². The predicted octanol–water partition coefficient (Wildman–Crippen LogP) is 5.07. The zero-order chi connectivity index (χ0) is 11.5. The molecule has 0 unspecified atom stereocenters. The Morgan fingerprint density at radius 2 is 1.94 bits per heavy atom. The van der Waals surface area contributed by atoms with Crippen LogP contribution in [-0.2, 0) is 0 Å². The fraction of sp³-hybridized carbons (Fsp3) is 0.0833. The second-order valence-electron chi connectivity index (χ2n) is 3.34. The molecule has 2 aromatic rings. The molecule has 0 aliphatic rings. The molecule has 4 heteroatoms. The van der Waals surface area contributed by atoms with Gasteiger partial charge in [-0.1, -0.05) is 33.8 Å². The predicted molar refractivity (Wildman–Crippen MR) is 74.9 cm³/mol. The number of halogens is 2. The number of pyridine rings is 1. The molecule has 16 heavy (non-hydrogen) atoms. The van der Waals surface area contributed by atoms with Crippen molar-refractivity contribution in [2.24, 2.45) is 0 Å². The van der Waals surface area contributed by atoms with Crippen LogP contribution in [0.15, 0.2) is 55.4 Å². The third-order valence-electron chi connectivity index (χ3n) is 2.01. The Morgan fingerprint density at radius 3 is 2.62 bits per heavy atom. The number of nitrogens with zero attached hydrogens (tertiary/aromatic N) is 1. The second kappa shape index (κ2) is 5.34. The first kappa shape index (κ1) is 12.1. The van der Waals surface area contributed by atoms with Crippen molar-refractivity contribution in [3.05, 3.63) is 51.0 Å². The highest BCUT2D eigenvalue weighted by atomic mass is 79.9. The van der Waals surface area contributed by atoms with Gasteiger partial charge in [-0.15, -0.1) is 0 Å². The van der Waals surface area contributed by atoms with E-state index in [1.54, 1.807) is 11.8 Å². The maximum absolute atomic E-state index is 4.40. The normalized spacial score (nSPS) is 10.4. The number of benzene rings is 1. The van der Waals surface area contributed by atoms with Crippen LogP contribution in [0.5, 0.6) is 0 Å². The van der Waals surface area contributed by atoms with Crippen molar-refractivity contribution >= 4 is 43.6 Å². The minimum atomic E-state index is 1.02. The molecule has 1 heterocycles. The number of rotatable bonds is 2. The molecular weight excluding hydrogens is 350 g/mol. The summed E-state index contributed by atoms with van der Waals surface area (Å²) in [4.78, 5) is 5.59. The first-order valence-electron chi connectivity index (χ1n) is 4.71. The van der Waals surface area contributed by atoms with Gasteiger partial charge in [0.15, 0.2) is 0 Å². The Bertz CT molecular complexity index is 514. The number of hydrogen-bond acceptors (Lipinski definition) is 2. The van der Waals surface area contributed by atoms with Crippen molar-refractivity contribution in [1.29, 1.82) is 0 Å². The standard InChI is InChI=1S/C12H9Br2NS/c1-8-5-10(14)7-15-12(8)16-11-4-2-3-9(13)6-11/h2-7H,1H3. The largest absolute Gasteiger partial charge is 0.248 e. The van der Waals surface area contributed by atoms with E-state index in [-0.39, 0.29) is 0 Å². The third kappa shape index (κ3) is 3.09. The molecule has 2 rings (SSSR count). The lowest BCUT2D eigenvalue weighted by molar-refractivity contribution is 1.07. The molecule has 0 saturated carbocycles. The monoisotopic (exact) mass is 357 g/mol. The van der Waals surface area contributed by atoms with E-state index in [1.165, 1.54) is 10.5 Å². The molecule has 1 aromatic heterocycles. The summed E-state index contributed by atoms with van der Waals surface area (Å²) in [6.07, 6.45) is 1.83. The maximum Gasteiger partial charge on any atom is 0.104 e. The highest BCUT2D eigenvalue weighted by Crippen LogP contribution is 2.30. The van der Waals surface area contributed by atoms with Crippen LogP contribution in [0.2, 0.25) is 0 Å². The van der Waals surface area contributed by atoms with Gasteiger partial charge in [-0.25, -0.2) is 4.98 Å². The zero-order valence-electron chi connectivity index (χ0n) is 8.58. The quantitative estimate of drug-likeness (QED) is 0.743. The zero-order valence-corrected chi connectivity index (χ0v) is 12.6. The van der Waals surface area contributed by atoms with Crippen molar-refractivity contribution in [3.63, 3.8) is 0 Å². The van der Waals surface area contributed by atoms with Crippen LogP contribution in [0, 0.1) is 6.92 Å². The first-order chi connectivity index (χ1) is 7.65. The van der Waals surface area contributed by atoms with Crippen LogP contribution in [0.25, 0.3) is 0 Å². The van der Waals surface area contributed by atoms with Crippen LogP contribution in [0.4, 0.5) is 0 Å². The van der Waals surface area contributed by atoms with E-state index >= 15 is 0 Å². The summed E-state index contributed by atoms with van der Waals surface area (Å²) in [7, 11) is 0. The van der Waals surface area contributed by atoms with Gasteiger partial charge in [0.1, 0.15) is 5.03 Å². The molecule has 82 valence electrons. The fourth-order valence-corrected chi connectivity index (χ4v) is 3.15. The van der Waals surface area contributed by atoms with Crippen molar-refractivity contribution in [2.75, 3.05) is 0 Å². The maximum atomic E-state index is 4.40. The van der Waals surface area contributed by atoms with Gasteiger partial charge < -0.3 is 0 Å². The molecule has 0 atom stereocenters. The van der Waals surface area contributed by atoms with E-state index in [4.69, 9.17) is 0 Å².